The topological polar surface area (TPSA) is 101 Å². The van der Waals surface area contributed by atoms with Crippen LogP contribution in [-0.4, -0.2) is 23.1 Å². The highest BCUT2D eigenvalue weighted by Crippen LogP contribution is 2.25. The van der Waals surface area contributed by atoms with Gasteiger partial charge in [0.25, 0.3) is 0 Å². The van der Waals surface area contributed by atoms with E-state index >= 15 is 0 Å². The van der Waals surface area contributed by atoms with Crippen molar-refractivity contribution in [2.24, 2.45) is 0 Å². The van der Waals surface area contributed by atoms with E-state index in [0.717, 1.165) is 11.7 Å². The molecule has 2 N–H and O–H groups in total. The van der Waals surface area contributed by atoms with Crippen LogP contribution >= 0.6 is 11.7 Å². The van der Waals surface area contributed by atoms with E-state index in [0.29, 0.717) is 16.6 Å². The van der Waals surface area contributed by atoms with Gasteiger partial charge in [-0.1, -0.05) is 42.5 Å². The largest absolute Gasteiger partial charge is 0.324 e. The molecule has 0 saturated heterocycles. The van der Waals surface area contributed by atoms with E-state index in [1.54, 1.807) is 55.5 Å². The van der Waals surface area contributed by atoms with Crippen LogP contribution in [0, 0.1) is 12.7 Å². The molecular formula is C21H17FN4O3S2. The average Bonchev–Trinajstić information content (AvgIpc) is 3.24. The number of nitrogens with zero attached hydrogens (tertiary/aromatic N) is 2. The number of fused-ring (bicyclic) bond motifs is 1. The SMILES string of the molecule is Cc1ccc(NC(=O)[C@@H](NS(=O)(=O)c2cccc3nsnc23)c2ccccc2)cc1F. The molecule has 31 heavy (non-hydrogen) atoms. The first-order valence-corrected chi connectivity index (χ1v) is 11.4. The lowest BCUT2D eigenvalue weighted by Gasteiger charge is -2.19. The Morgan fingerprint density at radius 2 is 1.81 bits per heavy atom. The zero-order chi connectivity index (χ0) is 22.0. The molecule has 0 aliphatic heterocycles. The van der Waals surface area contributed by atoms with Crippen LogP contribution in [0.2, 0.25) is 0 Å². The van der Waals surface area contributed by atoms with E-state index in [1.807, 2.05) is 0 Å². The molecule has 0 fully saturated rings. The van der Waals surface area contributed by atoms with E-state index in [-0.39, 0.29) is 16.1 Å². The van der Waals surface area contributed by atoms with Gasteiger partial charge in [-0.3, -0.25) is 4.79 Å². The van der Waals surface area contributed by atoms with Crippen molar-refractivity contribution in [3.63, 3.8) is 0 Å². The van der Waals surface area contributed by atoms with E-state index in [1.165, 1.54) is 18.2 Å². The van der Waals surface area contributed by atoms with Crippen molar-refractivity contribution in [3.05, 3.63) is 83.7 Å². The molecule has 4 rings (SSSR count). The molecule has 0 unspecified atom stereocenters. The molecule has 10 heteroatoms. The normalized spacial score (nSPS) is 12.6. The fourth-order valence-electron chi connectivity index (χ4n) is 3.02. The number of aryl methyl sites for hydroxylation is 1. The highest BCUT2D eigenvalue weighted by Gasteiger charge is 2.29. The lowest BCUT2D eigenvalue weighted by Crippen LogP contribution is -2.37. The fraction of sp³-hybridized carbons (Fsp3) is 0.0952. The van der Waals surface area contributed by atoms with Crippen LogP contribution in [0.5, 0.6) is 0 Å². The number of benzene rings is 3. The van der Waals surface area contributed by atoms with Gasteiger partial charge in [0.15, 0.2) is 0 Å². The van der Waals surface area contributed by atoms with E-state index in [9.17, 15) is 17.6 Å². The molecule has 0 radical (unpaired) electrons. The van der Waals surface area contributed by atoms with Crippen LogP contribution in [0.15, 0.2) is 71.6 Å². The molecule has 0 bridgehead atoms. The van der Waals surface area contributed by atoms with Crippen molar-refractivity contribution in [2.45, 2.75) is 17.9 Å². The molecule has 1 amide bonds. The minimum atomic E-state index is -4.14. The third kappa shape index (κ3) is 4.46. The molecular weight excluding hydrogens is 439 g/mol. The molecule has 1 heterocycles. The third-order valence-corrected chi connectivity index (χ3v) is 6.64. The summed E-state index contributed by atoms with van der Waals surface area (Å²) in [4.78, 5) is 13.0. The van der Waals surface area contributed by atoms with Crippen LogP contribution < -0.4 is 10.0 Å². The predicted octanol–water partition coefficient (Wildman–Crippen LogP) is 3.80. The summed E-state index contributed by atoms with van der Waals surface area (Å²) < 4.78 is 50.8. The van der Waals surface area contributed by atoms with Crippen molar-refractivity contribution < 1.29 is 17.6 Å². The number of carbonyl (C=O) groups excluding carboxylic acids is 1. The Bertz CT molecular complexity index is 1360. The van der Waals surface area contributed by atoms with Gasteiger partial charge in [0.1, 0.15) is 27.8 Å². The number of nitrogens with one attached hydrogen (secondary N) is 2. The molecule has 0 saturated carbocycles. The molecule has 7 nitrogen and oxygen atoms in total. The second kappa shape index (κ2) is 8.50. The number of hydrogen-bond donors (Lipinski definition) is 2. The van der Waals surface area contributed by atoms with Gasteiger partial charge in [-0.25, -0.2) is 12.8 Å². The quantitative estimate of drug-likeness (QED) is 0.460. The monoisotopic (exact) mass is 456 g/mol. The van der Waals surface area contributed by atoms with Crippen LogP contribution in [0.3, 0.4) is 0 Å². The maximum Gasteiger partial charge on any atom is 0.247 e. The van der Waals surface area contributed by atoms with Crippen molar-refractivity contribution in [2.75, 3.05) is 5.32 Å². The van der Waals surface area contributed by atoms with Crippen LogP contribution in [-0.2, 0) is 14.8 Å². The smallest absolute Gasteiger partial charge is 0.247 e. The van der Waals surface area contributed by atoms with Gasteiger partial charge in [0, 0.05) is 5.69 Å². The summed E-state index contributed by atoms with van der Waals surface area (Å²) in [6.45, 7) is 1.61. The van der Waals surface area contributed by atoms with E-state index < -0.39 is 27.8 Å². The predicted molar refractivity (Wildman–Crippen MR) is 117 cm³/mol. The summed E-state index contributed by atoms with van der Waals surface area (Å²) in [5, 5.41) is 2.58. The van der Waals surface area contributed by atoms with Gasteiger partial charge in [0.05, 0.1) is 11.7 Å². The Labute approximate surface area is 182 Å². The summed E-state index contributed by atoms with van der Waals surface area (Å²) in [6, 6.07) is 16.0. The summed E-state index contributed by atoms with van der Waals surface area (Å²) in [7, 11) is -4.14. The Kier molecular flexibility index (Phi) is 5.77. The molecule has 4 aromatic rings. The van der Waals surface area contributed by atoms with Crippen molar-refractivity contribution in [1.82, 2.24) is 13.5 Å². The number of halogens is 1. The average molecular weight is 457 g/mol. The highest BCUT2D eigenvalue weighted by molar-refractivity contribution is 7.89. The highest BCUT2D eigenvalue weighted by atomic mass is 32.2. The molecule has 3 aromatic carbocycles. The molecule has 0 spiro atoms. The number of amides is 1. The Morgan fingerprint density at radius 3 is 2.55 bits per heavy atom. The zero-order valence-corrected chi connectivity index (χ0v) is 17.9. The zero-order valence-electron chi connectivity index (χ0n) is 16.2. The fourth-order valence-corrected chi connectivity index (χ4v) is 4.97. The van der Waals surface area contributed by atoms with Gasteiger partial charge >= 0.3 is 0 Å². The lowest BCUT2D eigenvalue weighted by molar-refractivity contribution is -0.117. The standard InChI is InChI=1S/C21H17FN4O3S2/c1-13-10-11-15(12-16(13)22)23-21(27)19(14-6-3-2-4-7-14)26-31(28,29)18-9-5-8-17-20(18)25-30-24-17/h2-12,19,26H,1H3,(H,23,27)/t19-/m0/s1. The molecule has 0 aliphatic carbocycles. The Hall–Kier alpha value is -3.21. The minimum Gasteiger partial charge on any atom is -0.324 e. The number of hydrogen-bond acceptors (Lipinski definition) is 6. The van der Waals surface area contributed by atoms with E-state index in [2.05, 4.69) is 18.8 Å². The van der Waals surface area contributed by atoms with Gasteiger partial charge < -0.3 is 5.32 Å². The number of sulfonamides is 1. The number of anilines is 1. The van der Waals surface area contributed by atoms with Crippen molar-refractivity contribution in [3.8, 4) is 0 Å². The Morgan fingerprint density at radius 1 is 1.03 bits per heavy atom. The first-order valence-electron chi connectivity index (χ1n) is 9.21. The number of carbonyl (C=O) groups is 1. The van der Waals surface area contributed by atoms with Crippen molar-refractivity contribution in [1.29, 1.82) is 0 Å². The maximum atomic E-state index is 13.9. The van der Waals surface area contributed by atoms with Gasteiger partial charge in [-0.15, -0.1) is 0 Å². The molecule has 1 aromatic heterocycles. The number of rotatable bonds is 6. The van der Waals surface area contributed by atoms with Crippen LogP contribution in [0.1, 0.15) is 17.2 Å². The summed E-state index contributed by atoms with van der Waals surface area (Å²) >= 11 is 0.902. The first kappa shape index (κ1) is 21.0. The maximum absolute atomic E-state index is 13.9. The molecule has 158 valence electrons. The number of aromatic nitrogens is 2. The van der Waals surface area contributed by atoms with Gasteiger partial charge in [-0.05, 0) is 42.3 Å². The second-order valence-electron chi connectivity index (χ2n) is 6.81. The lowest BCUT2D eigenvalue weighted by atomic mass is 10.1. The van der Waals surface area contributed by atoms with Crippen molar-refractivity contribution >= 4 is 44.4 Å². The minimum absolute atomic E-state index is 0.0751. The van der Waals surface area contributed by atoms with Gasteiger partial charge in [-0.2, -0.15) is 13.5 Å². The second-order valence-corrected chi connectivity index (χ2v) is 9.02. The molecule has 0 aliphatic rings. The summed E-state index contributed by atoms with van der Waals surface area (Å²) in [5.74, 6) is -1.13. The van der Waals surface area contributed by atoms with E-state index in [4.69, 9.17) is 0 Å². The Balaban J connectivity index is 1.69. The third-order valence-electron chi connectivity index (χ3n) is 4.65. The van der Waals surface area contributed by atoms with Gasteiger partial charge in [0.2, 0.25) is 15.9 Å². The first-order chi connectivity index (χ1) is 14.8. The summed E-state index contributed by atoms with van der Waals surface area (Å²) in [5.41, 5.74) is 1.76. The molecule has 1 atom stereocenters. The van der Waals surface area contributed by atoms with Crippen LogP contribution in [0.25, 0.3) is 11.0 Å². The summed E-state index contributed by atoms with van der Waals surface area (Å²) in [6.07, 6.45) is 0. The van der Waals surface area contributed by atoms with Crippen LogP contribution in [0.4, 0.5) is 10.1 Å².